The third kappa shape index (κ3) is 3.81. The van der Waals surface area contributed by atoms with Crippen LogP contribution in [0.5, 0.6) is 5.75 Å². The minimum atomic E-state index is -1.14. The van der Waals surface area contributed by atoms with Crippen molar-refractivity contribution in [2.75, 3.05) is 13.1 Å². The van der Waals surface area contributed by atoms with Crippen molar-refractivity contribution in [1.82, 2.24) is 9.88 Å². The van der Waals surface area contributed by atoms with Crippen LogP contribution in [0.4, 0.5) is 4.39 Å². The number of nitrogens with zero attached hydrogens (tertiary/aromatic N) is 2. The van der Waals surface area contributed by atoms with Gasteiger partial charge in [-0.05, 0) is 29.8 Å². The van der Waals surface area contributed by atoms with Gasteiger partial charge in [-0.1, -0.05) is 18.2 Å². The first-order valence-corrected chi connectivity index (χ1v) is 7.37. The van der Waals surface area contributed by atoms with E-state index in [1.807, 2.05) is 47.4 Å². The van der Waals surface area contributed by atoms with E-state index in [4.69, 9.17) is 4.74 Å². The van der Waals surface area contributed by atoms with Crippen LogP contribution in [-0.4, -0.2) is 40.4 Å². The fourth-order valence-electron chi connectivity index (χ4n) is 2.54. The molecule has 116 valence electrons. The normalized spacial score (nSPS) is 21.9. The van der Waals surface area contributed by atoms with E-state index in [9.17, 15) is 9.50 Å². The summed E-state index contributed by atoms with van der Waals surface area (Å²) < 4.78 is 19.0. The summed E-state index contributed by atoms with van der Waals surface area (Å²) in [6.45, 7) is 1.75. The van der Waals surface area contributed by atoms with Gasteiger partial charge in [0.25, 0.3) is 0 Å². The van der Waals surface area contributed by atoms with Gasteiger partial charge in [0.1, 0.15) is 18.5 Å². The molecular formula is C17H19FN2O2. The molecule has 0 spiro atoms. The summed E-state index contributed by atoms with van der Waals surface area (Å²) in [5.41, 5.74) is 1.96. The lowest BCUT2D eigenvalue weighted by molar-refractivity contribution is 0.115. The van der Waals surface area contributed by atoms with Crippen molar-refractivity contribution in [2.45, 2.75) is 25.4 Å². The lowest BCUT2D eigenvalue weighted by Gasteiger charge is -2.14. The van der Waals surface area contributed by atoms with Crippen molar-refractivity contribution in [3.05, 3.63) is 59.9 Å². The number of β-amino-alcohol motifs (C(OH)–C–C–N with tert-alkyl or cyclic N) is 1. The first-order chi connectivity index (χ1) is 10.7. The summed E-state index contributed by atoms with van der Waals surface area (Å²) in [5.74, 6) is 0.777. The van der Waals surface area contributed by atoms with Crippen LogP contribution in [0.25, 0.3) is 0 Å². The zero-order chi connectivity index (χ0) is 15.4. The molecule has 1 saturated heterocycles. The molecule has 2 aromatic rings. The van der Waals surface area contributed by atoms with E-state index in [0.29, 0.717) is 26.2 Å². The second-order valence-electron chi connectivity index (χ2n) is 5.53. The molecule has 2 atom stereocenters. The van der Waals surface area contributed by atoms with E-state index in [1.54, 1.807) is 6.20 Å². The molecule has 3 rings (SSSR count). The quantitative estimate of drug-likeness (QED) is 0.919. The molecule has 4 nitrogen and oxygen atoms in total. The average molecular weight is 302 g/mol. The summed E-state index contributed by atoms with van der Waals surface area (Å²) >= 11 is 0. The monoisotopic (exact) mass is 302 g/mol. The first-order valence-electron chi connectivity index (χ1n) is 7.37. The Kier molecular flexibility index (Phi) is 4.65. The number of alkyl halides is 1. The second-order valence-corrected chi connectivity index (χ2v) is 5.53. The van der Waals surface area contributed by atoms with Crippen molar-refractivity contribution >= 4 is 0 Å². The zero-order valence-electron chi connectivity index (χ0n) is 12.2. The van der Waals surface area contributed by atoms with E-state index < -0.39 is 12.3 Å². The summed E-state index contributed by atoms with van der Waals surface area (Å²) in [7, 11) is 0. The van der Waals surface area contributed by atoms with Crippen LogP contribution in [0.2, 0.25) is 0 Å². The van der Waals surface area contributed by atoms with E-state index in [0.717, 1.165) is 17.0 Å². The van der Waals surface area contributed by atoms with Gasteiger partial charge in [0.05, 0.1) is 11.8 Å². The number of ether oxygens (including phenoxy) is 1. The highest BCUT2D eigenvalue weighted by molar-refractivity contribution is 5.27. The summed E-state index contributed by atoms with van der Waals surface area (Å²) in [6, 6.07) is 13.4. The fraction of sp³-hybridized carbons (Fsp3) is 0.353. The average Bonchev–Trinajstić information content (AvgIpc) is 2.85. The molecule has 0 saturated carbocycles. The van der Waals surface area contributed by atoms with E-state index in [2.05, 4.69) is 4.98 Å². The molecule has 2 heterocycles. The molecule has 0 bridgehead atoms. The van der Waals surface area contributed by atoms with E-state index in [-0.39, 0.29) is 0 Å². The van der Waals surface area contributed by atoms with Crippen LogP contribution in [0.15, 0.2) is 48.7 Å². The molecule has 1 aromatic carbocycles. The minimum Gasteiger partial charge on any atom is -0.487 e. The summed E-state index contributed by atoms with van der Waals surface area (Å²) in [4.78, 5) is 6.12. The fourth-order valence-corrected chi connectivity index (χ4v) is 2.54. The number of hydrogen-bond acceptors (Lipinski definition) is 4. The van der Waals surface area contributed by atoms with Crippen molar-refractivity contribution in [2.24, 2.45) is 0 Å². The Bertz CT molecular complexity index is 581. The molecule has 1 fully saturated rings. The van der Waals surface area contributed by atoms with Gasteiger partial charge in [0, 0.05) is 25.8 Å². The van der Waals surface area contributed by atoms with Gasteiger partial charge >= 0.3 is 0 Å². The standard InChI is InChI=1S/C17H19FN2O2/c18-16-10-20(11-17(16)21)9-13-4-6-15(7-5-13)22-12-14-3-1-2-8-19-14/h1-8,16-17,21H,9-12H2/t16-,17-/m1/s1. The minimum absolute atomic E-state index is 0.291. The van der Waals surface area contributed by atoms with Crippen LogP contribution >= 0.6 is 0 Å². The molecule has 1 aliphatic heterocycles. The SMILES string of the molecule is O[C@@H]1CN(Cc2ccc(OCc3ccccn3)cc2)C[C@H]1F. The van der Waals surface area contributed by atoms with Crippen LogP contribution in [0.1, 0.15) is 11.3 Å². The smallest absolute Gasteiger partial charge is 0.140 e. The number of aliphatic hydroxyl groups is 1. The molecule has 1 N–H and O–H groups in total. The molecule has 1 aliphatic rings. The molecule has 0 aliphatic carbocycles. The number of aromatic nitrogens is 1. The largest absolute Gasteiger partial charge is 0.487 e. The highest BCUT2D eigenvalue weighted by Gasteiger charge is 2.30. The van der Waals surface area contributed by atoms with Crippen LogP contribution in [-0.2, 0) is 13.2 Å². The zero-order valence-corrected chi connectivity index (χ0v) is 12.2. The third-order valence-electron chi connectivity index (χ3n) is 3.74. The van der Waals surface area contributed by atoms with Crippen molar-refractivity contribution in [3.8, 4) is 5.75 Å². The van der Waals surface area contributed by atoms with Crippen molar-refractivity contribution < 1.29 is 14.2 Å². The number of pyridine rings is 1. The Morgan fingerprint density at radius 2 is 2.00 bits per heavy atom. The second kappa shape index (κ2) is 6.85. The number of rotatable bonds is 5. The van der Waals surface area contributed by atoms with E-state index >= 15 is 0 Å². The summed E-state index contributed by atoms with van der Waals surface area (Å²) in [5, 5.41) is 9.43. The maximum atomic E-state index is 13.3. The van der Waals surface area contributed by atoms with Crippen molar-refractivity contribution in [3.63, 3.8) is 0 Å². The highest BCUT2D eigenvalue weighted by atomic mass is 19.1. The van der Waals surface area contributed by atoms with Crippen LogP contribution < -0.4 is 4.74 Å². The maximum Gasteiger partial charge on any atom is 0.140 e. The molecule has 0 radical (unpaired) electrons. The Morgan fingerprint density at radius 1 is 1.18 bits per heavy atom. The lowest BCUT2D eigenvalue weighted by Crippen LogP contribution is -2.21. The van der Waals surface area contributed by atoms with Gasteiger partial charge in [0.15, 0.2) is 0 Å². The lowest BCUT2D eigenvalue weighted by atomic mass is 10.2. The molecule has 0 unspecified atom stereocenters. The molecule has 1 aromatic heterocycles. The van der Waals surface area contributed by atoms with Gasteiger partial charge in [0.2, 0.25) is 0 Å². The first kappa shape index (κ1) is 14.9. The van der Waals surface area contributed by atoms with Crippen LogP contribution in [0, 0.1) is 0 Å². The van der Waals surface area contributed by atoms with Gasteiger partial charge in [-0.15, -0.1) is 0 Å². The third-order valence-corrected chi connectivity index (χ3v) is 3.74. The molecule has 5 heteroatoms. The predicted octanol–water partition coefficient (Wildman–Crippen LogP) is 2.18. The van der Waals surface area contributed by atoms with E-state index in [1.165, 1.54) is 0 Å². The molecular weight excluding hydrogens is 283 g/mol. The Balaban J connectivity index is 1.52. The number of likely N-dealkylation sites (tertiary alicyclic amines) is 1. The topological polar surface area (TPSA) is 45.6 Å². The summed E-state index contributed by atoms with van der Waals surface area (Å²) in [6.07, 6.45) is -0.258. The van der Waals surface area contributed by atoms with Crippen molar-refractivity contribution in [1.29, 1.82) is 0 Å². The molecule has 22 heavy (non-hydrogen) atoms. The number of aliphatic hydroxyl groups excluding tert-OH is 1. The van der Waals surface area contributed by atoms with Gasteiger partial charge in [-0.2, -0.15) is 0 Å². The predicted molar refractivity (Wildman–Crippen MR) is 81.2 cm³/mol. The maximum absolute atomic E-state index is 13.3. The van der Waals surface area contributed by atoms with Gasteiger partial charge in [-0.25, -0.2) is 4.39 Å². The van der Waals surface area contributed by atoms with Gasteiger partial charge in [-0.3, -0.25) is 9.88 Å². The van der Waals surface area contributed by atoms with Gasteiger partial charge < -0.3 is 9.84 Å². The number of halogens is 1. The number of benzene rings is 1. The highest BCUT2D eigenvalue weighted by Crippen LogP contribution is 2.19. The number of hydrogen-bond donors (Lipinski definition) is 1. The molecule has 0 amide bonds. The Labute approximate surface area is 129 Å². The Hall–Kier alpha value is -1.98. The van der Waals surface area contributed by atoms with Crippen LogP contribution in [0.3, 0.4) is 0 Å². The Morgan fingerprint density at radius 3 is 2.64 bits per heavy atom.